The molecule has 34 heavy (non-hydrogen) atoms. The molecule has 0 radical (unpaired) electrons. The number of benzene rings is 1. The number of rotatable bonds is 4. The molecule has 1 spiro atoms. The molecule has 2 aromatic heterocycles. The van der Waals surface area contributed by atoms with Gasteiger partial charge in [-0.1, -0.05) is 18.2 Å². The number of nitrogens with zero attached hydrogens (tertiary/aromatic N) is 3. The maximum atomic E-state index is 10.6. The standard InChI is InChI=1S/C21H23N5O.C2HF3O2/c1-13(2)14-3-4-16-15(9-14)20(26-25-16)17-10-23-12-19(24-17)27-18-11-22-8-7-21(18)5-6-21;3-2(4,5)1(6)7/h3-4,9-10,12,18,22H,1,5-8,11H2,2H3,(H,25,26);(H,6,7)/t18-;/m0./s1. The molecule has 3 heterocycles. The third-order valence-electron chi connectivity index (χ3n) is 6.12. The Morgan fingerprint density at radius 2 is 2.00 bits per heavy atom. The van der Waals surface area contributed by atoms with Gasteiger partial charge in [0.1, 0.15) is 17.5 Å². The molecule has 1 saturated carbocycles. The van der Waals surface area contributed by atoms with Gasteiger partial charge in [-0.05, 0) is 50.4 Å². The van der Waals surface area contributed by atoms with Crippen LogP contribution in [0.2, 0.25) is 0 Å². The normalized spacial score (nSPS) is 18.8. The summed E-state index contributed by atoms with van der Waals surface area (Å²) in [5.74, 6) is -2.19. The molecule has 11 heteroatoms. The zero-order valence-corrected chi connectivity index (χ0v) is 18.4. The van der Waals surface area contributed by atoms with Gasteiger partial charge in [-0.25, -0.2) is 9.78 Å². The summed E-state index contributed by atoms with van der Waals surface area (Å²) in [6.07, 6.45) is 2.20. The lowest BCUT2D eigenvalue weighted by Crippen LogP contribution is -2.45. The fourth-order valence-corrected chi connectivity index (χ4v) is 3.99. The number of H-pyrrole nitrogens is 1. The Hall–Kier alpha value is -3.47. The fraction of sp³-hybridized carbons (Fsp3) is 0.391. The maximum Gasteiger partial charge on any atom is 0.490 e. The molecule has 2 aliphatic rings. The zero-order chi connectivity index (χ0) is 24.5. The Balaban J connectivity index is 0.000000344. The van der Waals surface area contributed by atoms with E-state index in [0.29, 0.717) is 17.0 Å². The molecule has 1 aromatic carbocycles. The number of hydrogen-bond acceptors (Lipinski definition) is 6. The van der Waals surface area contributed by atoms with Gasteiger partial charge >= 0.3 is 12.1 Å². The third-order valence-corrected chi connectivity index (χ3v) is 6.12. The van der Waals surface area contributed by atoms with Crippen molar-refractivity contribution in [3.8, 4) is 17.3 Å². The van der Waals surface area contributed by atoms with Crippen LogP contribution in [0.3, 0.4) is 0 Å². The first-order valence-corrected chi connectivity index (χ1v) is 10.7. The van der Waals surface area contributed by atoms with Crippen molar-refractivity contribution in [2.24, 2.45) is 5.41 Å². The van der Waals surface area contributed by atoms with Gasteiger partial charge in [-0.15, -0.1) is 0 Å². The summed E-state index contributed by atoms with van der Waals surface area (Å²) >= 11 is 0. The first-order chi connectivity index (χ1) is 16.1. The van der Waals surface area contributed by atoms with Gasteiger partial charge in [0.15, 0.2) is 0 Å². The van der Waals surface area contributed by atoms with E-state index >= 15 is 0 Å². The van der Waals surface area contributed by atoms with E-state index in [-0.39, 0.29) is 6.10 Å². The topological polar surface area (TPSA) is 113 Å². The van der Waals surface area contributed by atoms with Crippen LogP contribution in [0.15, 0.2) is 37.2 Å². The first kappa shape index (κ1) is 23.7. The number of allylic oxidation sites excluding steroid dienone is 1. The molecule has 1 atom stereocenters. The van der Waals surface area contributed by atoms with Crippen LogP contribution in [0.1, 0.15) is 31.7 Å². The lowest BCUT2D eigenvalue weighted by Gasteiger charge is -2.32. The number of carboxylic acid groups (broad SMARTS) is 1. The Labute approximate surface area is 193 Å². The summed E-state index contributed by atoms with van der Waals surface area (Å²) < 4.78 is 38.0. The van der Waals surface area contributed by atoms with Gasteiger partial charge < -0.3 is 15.2 Å². The summed E-state index contributed by atoms with van der Waals surface area (Å²) in [5.41, 5.74) is 4.93. The molecular formula is C23H24F3N5O3. The van der Waals surface area contributed by atoms with E-state index in [1.165, 1.54) is 19.3 Å². The number of piperidine rings is 1. The number of ether oxygens (including phenoxy) is 1. The molecule has 3 aromatic rings. The highest BCUT2D eigenvalue weighted by Crippen LogP contribution is 2.53. The zero-order valence-electron chi connectivity index (χ0n) is 18.4. The molecule has 3 N–H and O–H groups in total. The predicted octanol–water partition coefficient (Wildman–Crippen LogP) is 4.21. The second kappa shape index (κ2) is 9.05. The molecular weight excluding hydrogens is 451 g/mol. The molecule has 180 valence electrons. The highest BCUT2D eigenvalue weighted by Gasteiger charge is 2.52. The molecule has 0 bridgehead atoms. The lowest BCUT2D eigenvalue weighted by atomic mass is 9.92. The van der Waals surface area contributed by atoms with E-state index in [4.69, 9.17) is 19.6 Å². The molecule has 5 rings (SSSR count). The van der Waals surface area contributed by atoms with Crippen molar-refractivity contribution in [1.82, 2.24) is 25.5 Å². The number of aliphatic carboxylic acids is 1. The van der Waals surface area contributed by atoms with E-state index in [0.717, 1.165) is 40.8 Å². The Kier molecular flexibility index (Phi) is 6.30. The molecule has 8 nitrogen and oxygen atoms in total. The summed E-state index contributed by atoms with van der Waals surface area (Å²) in [4.78, 5) is 18.0. The highest BCUT2D eigenvalue weighted by molar-refractivity contribution is 5.93. The number of hydrogen-bond donors (Lipinski definition) is 3. The van der Waals surface area contributed by atoms with Crippen LogP contribution in [-0.2, 0) is 4.79 Å². The number of aromatic nitrogens is 4. The lowest BCUT2D eigenvalue weighted by molar-refractivity contribution is -0.192. The highest BCUT2D eigenvalue weighted by atomic mass is 19.4. The number of halogens is 3. The number of fused-ring (bicyclic) bond motifs is 1. The van der Waals surface area contributed by atoms with Crippen molar-refractivity contribution in [3.63, 3.8) is 0 Å². The average molecular weight is 475 g/mol. The van der Waals surface area contributed by atoms with Crippen LogP contribution in [0.4, 0.5) is 13.2 Å². The summed E-state index contributed by atoms with van der Waals surface area (Å²) in [6.45, 7) is 7.99. The molecule has 2 fully saturated rings. The van der Waals surface area contributed by atoms with E-state index < -0.39 is 12.1 Å². The average Bonchev–Trinajstić information content (AvgIpc) is 3.43. The predicted molar refractivity (Wildman–Crippen MR) is 119 cm³/mol. The van der Waals surface area contributed by atoms with Crippen molar-refractivity contribution in [1.29, 1.82) is 0 Å². The minimum atomic E-state index is -5.08. The van der Waals surface area contributed by atoms with E-state index in [1.54, 1.807) is 12.4 Å². The molecule has 0 amide bonds. The minimum absolute atomic E-state index is 0.168. The monoisotopic (exact) mass is 475 g/mol. The van der Waals surface area contributed by atoms with Crippen molar-refractivity contribution in [3.05, 3.63) is 42.7 Å². The van der Waals surface area contributed by atoms with Crippen molar-refractivity contribution >= 4 is 22.4 Å². The number of aromatic amines is 1. The van der Waals surface area contributed by atoms with Gasteiger partial charge in [0.25, 0.3) is 0 Å². The number of carbonyl (C=O) groups is 1. The maximum absolute atomic E-state index is 10.6. The van der Waals surface area contributed by atoms with Gasteiger partial charge in [-0.2, -0.15) is 18.3 Å². The van der Waals surface area contributed by atoms with Crippen LogP contribution < -0.4 is 10.1 Å². The Morgan fingerprint density at radius 1 is 1.26 bits per heavy atom. The van der Waals surface area contributed by atoms with Crippen LogP contribution in [0, 0.1) is 5.41 Å². The van der Waals surface area contributed by atoms with Crippen molar-refractivity contribution in [2.45, 2.75) is 38.5 Å². The first-order valence-electron chi connectivity index (χ1n) is 10.7. The van der Waals surface area contributed by atoms with Crippen LogP contribution >= 0.6 is 0 Å². The van der Waals surface area contributed by atoms with Crippen LogP contribution in [0.5, 0.6) is 5.88 Å². The van der Waals surface area contributed by atoms with Gasteiger partial charge in [-0.3, -0.25) is 10.1 Å². The van der Waals surface area contributed by atoms with Gasteiger partial charge in [0.05, 0.1) is 17.9 Å². The quantitative estimate of drug-likeness (QED) is 0.518. The summed E-state index contributed by atoms with van der Waals surface area (Å²) in [7, 11) is 0. The van der Waals surface area contributed by atoms with E-state index in [2.05, 4.69) is 33.1 Å². The smallest absolute Gasteiger partial charge is 0.475 e. The van der Waals surface area contributed by atoms with Crippen LogP contribution in [0.25, 0.3) is 27.9 Å². The molecule has 1 aliphatic carbocycles. The van der Waals surface area contributed by atoms with Gasteiger partial charge in [0, 0.05) is 17.3 Å². The summed E-state index contributed by atoms with van der Waals surface area (Å²) in [5, 5.41) is 19.1. The largest absolute Gasteiger partial charge is 0.490 e. The number of alkyl halides is 3. The van der Waals surface area contributed by atoms with E-state index in [9.17, 15) is 13.2 Å². The Bertz CT molecular complexity index is 1220. The van der Waals surface area contributed by atoms with Gasteiger partial charge in [0.2, 0.25) is 5.88 Å². The SMILES string of the molecule is C=C(C)c1ccc2[nH]nc(-c3cncc(O[C@H]4CNCCC45CC5)n3)c2c1.O=C(O)C(F)(F)F. The number of nitrogens with one attached hydrogen (secondary N) is 2. The minimum Gasteiger partial charge on any atom is -0.475 e. The second-order valence-corrected chi connectivity index (χ2v) is 8.58. The number of carboxylic acids is 1. The third kappa shape index (κ3) is 5.04. The van der Waals surface area contributed by atoms with Crippen molar-refractivity contribution in [2.75, 3.05) is 13.1 Å². The van der Waals surface area contributed by atoms with Crippen LogP contribution in [-0.4, -0.2) is 56.6 Å². The molecule has 1 saturated heterocycles. The van der Waals surface area contributed by atoms with E-state index in [1.807, 2.05) is 19.1 Å². The molecule has 0 unspecified atom stereocenters. The molecule has 1 aliphatic heterocycles. The second-order valence-electron chi connectivity index (χ2n) is 8.58. The fourth-order valence-electron chi connectivity index (χ4n) is 3.99. The summed E-state index contributed by atoms with van der Waals surface area (Å²) in [6, 6.07) is 6.16. The Morgan fingerprint density at radius 3 is 2.65 bits per heavy atom. The van der Waals surface area contributed by atoms with Crippen molar-refractivity contribution < 1.29 is 27.8 Å².